The number of Topliss-reactive ketones (excluding diaryl/α,β-unsaturated/α-hetero) is 1. The number of hydrogen-bond donors (Lipinski definition) is 1. The number of benzene rings is 1. The molecule has 0 saturated carbocycles. The second-order valence-corrected chi connectivity index (χ2v) is 3.71. The molecule has 3 heteroatoms. The summed E-state index contributed by atoms with van der Waals surface area (Å²) in [5.41, 5.74) is 1.69. The van der Waals surface area contributed by atoms with Gasteiger partial charge in [-0.2, -0.15) is 0 Å². The second-order valence-electron chi connectivity index (χ2n) is 3.71. The van der Waals surface area contributed by atoms with Crippen molar-refractivity contribution in [1.29, 1.82) is 0 Å². The molecule has 15 heavy (non-hydrogen) atoms. The number of aryl methyl sites for hydroxylation is 1. The summed E-state index contributed by atoms with van der Waals surface area (Å²) in [6, 6.07) is 7.26. The Morgan fingerprint density at radius 2 is 2.07 bits per heavy atom. The van der Waals surface area contributed by atoms with Crippen LogP contribution in [0.4, 0.5) is 0 Å². The van der Waals surface area contributed by atoms with Crippen LogP contribution in [0, 0.1) is 6.92 Å². The van der Waals surface area contributed by atoms with E-state index in [-0.39, 0.29) is 12.2 Å². The fourth-order valence-electron chi connectivity index (χ4n) is 1.52. The topological polar surface area (TPSA) is 54.4 Å². The maximum absolute atomic E-state index is 11.0. The number of hydrogen-bond acceptors (Lipinski definition) is 2. The minimum atomic E-state index is -0.948. The van der Waals surface area contributed by atoms with Gasteiger partial charge in [0.1, 0.15) is 5.78 Å². The Morgan fingerprint density at radius 3 is 2.53 bits per heavy atom. The highest BCUT2D eigenvalue weighted by Crippen LogP contribution is 2.21. The molecule has 0 aliphatic rings. The van der Waals surface area contributed by atoms with Crippen LogP contribution >= 0.6 is 0 Å². The van der Waals surface area contributed by atoms with Crippen molar-refractivity contribution in [2.75, 3.05) is 0 Å². The first kappa shape index (κ1) is 11.4. The number of aliphatic carboxylic acids is 1. The summed E-state index contributed by atoms with van der Waals surface area (Å²) in [6.07, 6.45) is 0.0544. The molecular formula is C12H14O3. The fourth-order valence-corrected chi connectivity index (χ4v) is 1.52. The van der Waals surface area contributed by atoms with Gasteiger partial charge in [0.2, 0.25) is 0 Å². The first-order chi connectivity index (χ1) is 7.00. The van der Waals surface area contributed by atoms with Crippen LogP contribution in [0.25, 0.3) is 0 Å². The van der Waals surface area contributed by atoms with Crippen LogP contribution in [0.5, 0.6) is 0 Å². The third kappa shape index (κ3) is 3.20. The maximum atomic E-state index is 11.0. The molecule has 1 unspecified atom stereocenters. The molecule has 0 amide bonds. The summed E-state index contributed by atoms with van der Waals surface area (Å²) < 4.78 is 0. The van der Waals surface area contributed by atoms with E-state index in [2.05, 4.69) is 0 Å². The van der Waals surface area contributed by atoms with Gasteiger partial charge < -0.3 is 5.11 Å². The van der Waals surface area contributed by atoms with Crippen LogP contribution in [0.3, 0.4) is 0 Å². The number of ketones is 1. The third-order valence-electron chi connectivity index (χ3n) is 2.23. The summed E-state index contributed by atoms with van der Waals surface area (Å²) in [6.45, 7) is 3.31. The third-order valence-corrected chi connectivity index (χ3v) is 2.23. The Hall–Kier alpha value is -1.64. The van der Waals surface area contributed by atoms with E-state index in [1.807, 2.05) is 19.1 Å². The van der Waals surface area contributed by atoms with E-state index in [0.29, 0.717) is 5.56 Å². The Labute approximate surface area is 88.7 Å². The molecule has 1 aromatic rings. The molecule has 0 aliphatic heterocycles. The van der Waals surface area contributed by atoms with E-state index in [1.165, 1.54) is 6.92 Å². The molecule has 0 spiro atoms. The van der Waals surface area contributed by atoms with Crippen molar-refractivity contribution in [2.24, 2.45) is 0 Å². The van der Waals surface area contributed by atoms with Crippen molar-refractivity contribution in [3.05, 3.63) is 35.4 Å². The van der Waals surface area contributed by atoms with Gasteiger partial charge in [0.15, 0.2) is 0 Å². The summed E-state index contributed by atoms with van der Waals surface area (Å²) in [4.78, 5) is 21.9. The van der Waals surface area contributed by atoms with Gasteiger partial charge in [0.25, 0.3) is 0 Å². The van der Waals surface area contributed by atoms with Gasteiger partial charge in [-0.05, 0) is 19.4 Å². The lowest BCUT2D eigenvalue weighted by molar-refractivity contribution is -0.140. The van der Waals surface area contributed by atoms with Crippen LogP contribution in [0.2, 0.25) is 0 Å². The second kappa shape index (κ2) is 4.73. The summed E-state index contributed by atoms with van der Waals surface area (Å²) >= 11 is 0. The van der Waals surface area contributed by atoms with E-state index < -0.39 is 11.9 Å². The number of rotatable bonds is 4. The first-order valence-electron chi connectivity index (χ1n) is 4.79. The molecule has 1 rings (SSSR count). The van der Waals surface area contributed by atoms with E-state index >= 15 is 0 Å². The number of carbonyl (C=O) groups is 2. The molecule has 1 N–H and O–H groups in total. The maximum Gasteiger partial charge on any atom is 0.311 e. The fraction of sp³-hybridized carbons (Fsp3) is 0.333. The monoisotopic (exact) mass is 206 g/mol. The minimum absolute atomic E-state index is 0.0544. The van der Waals surface area contributed by atoms with Crippen LogP contribution < -0.4 is 0 Å². The predicted molar refractivity (Wildman–Crippen MR) is 56.9 cm³/mol. The minimum Gasteiger partial charge on any atom is -0.481 e. The van der Waals surface area contributed by atoms with Crippen molar-refractivity contribution in [1.82, 2.24) is 0 Å². The molecule has 0 aromatic heterocycles. The molecule has 0 saturated heterocycles. The van der Waals surface area contributed by atoms with E-state index in [4.69, 9.17) is 5.11 Å². The normalized spacial score (nSPS) is 12.1. The highest BCUT2D eigenvalue weighted by Gasteiger charge is 2.21. The van der Waals surface area contributed by atoms with Gasteiger partial charge in [-0.25, -0.2) is 0 Å². The summed E-state index contributed by atoms with van der Waals surface area (Å²) in [5.74, 6) is -1.78. The quantitative estimate of drug-likeness (QED) is 0.821. The highest BCUT2D eigenvalue weighted by atomic mass is 16.4. The van der Waals surface area contributed by atoms with E-state index in [1.54, 1.807) is 12.1 Å². The molecule has 1 aromatic carbocycles. The van der Waals surface area contributed by atoms with Crippen molar-refractivity contribution < 1.29 is 14.7 Å². The Balaban J connectivity index is 2.98. The van der Waals surface area contributed by atoms with Crippen molar-refractivity contribution in [2.45, 2.75) is 26.2 Å². The molecule has 0 bridgehead atoms. The highest BCUT2D eigenvalue weighted by molar-refractivity contribution is 5.85. The standard InChI is InChI=1S/C12H14O3/c1-8-4-3-5-10(6-8)11(12(14)15)7-9(2)13/h3-6,11H,7H2,1-2H3,(H,14,15). The zero-order chi connectivity index (χ0) is 11.4. The molecule has 0 heterocycles. The lowest BCUT2D eigenvalue weighted by atomic mass is 9.93. The Kier molecular flexibility index (Phi) is 3.61. The summed E-state index contributed by atoms with van der Waals surface area (Å²) in [5, 5.41) is 9.01. The Morgan fingerprint density at radius 1 is 1.40 bits per heavy atom. The van der Waals surface area contributed by atoms with Gasteiger partial charge in [-0.1, -0.05) is 29.8 Å². The Bertz CT molecular complexity index is 382. The first-order valence-corrected chi connectivity index (χ1v) is 4.79. The van der Waals surface area contributed by atoms with Gasteiger partial charge in [-0.15, -0.1) is 0 Å². The van der Waals surface area contributed by atoms with Gasteiger partial charge >= 0.3 is 5.97 Å². The van der Waals surface area contributed by atoms with Gasteiger partial charge in [-0.3, -0.25) is 9.59 Å². The molecule has 0 fully saturated rings. The molecule has 3 nitrogen and oxygen atoms in total. The molecule has 0 aliphatic carbocycles. The lowest BCUT2D eigenvalue weighted by Gasteiger charge is -2.11. The molecule has 80 valence electrons. The lowest BCUT2D eigenvalue weighted by Crippen LogP contribution is -2.14. The van der Waals surface area contributed by atoms with E-state index in [0.717, 1.165) is 5.56 Å². The average molecular weight is 206 g/mol. The number of carboxylic acids is 1. The summed E-state index contributed by atoms with van der Waals surface area (Å²) in [7, 11) is 0. The number of carbonyl (C=O) groups excluding carboxylic acids is 1. The average Bonchev–Trinajstić information content (AvgIpc) is 2.13. The SMILES string of the molecule is CC(=O)CC(C(=O)O)c1cccc(C)c1. The van der Waals surface area contributed by atoms with Crippen LogP contribution in [-0.4, -0.2) is 16.9 Å². The molecule has 0 radical (unpaired) electrons. The predicted octanol–water partition coefficient (Wildman–Crippen LogP) is 2.14. The van der Waals surface area contributed by atoms with Crippen LogP contribution in [0.1, 0.15) is 30.4 Å². The van der Waals surface area contributed by atoms with E-state index in [9.17, 15) is 9.59 Å². The van der Waals surface area contributed by atoms with Crippen molar-refractivity contribution >= 4 is 11.8 Å². The van der Waals surface area contributed by atoms with Crippen molar-refractivity contribution in [3.8, 4) is 0 Å². The zero-order valence-corrected chi connectivity index (χ0v) is 8.86. The smallest absolute Gasteiger partial charge is 0.311 e. The van der Waals surface area contributed by atoms with Crippen molar-refractivity contribution in [3.63, 3.8) is 0 Å². The zero-order valence-electron chi connectivity index (χ0n) is 8.86. The van der Waals surface area contributed by atoms with Crippen LogP contribution in [0.15, 0.2) is 24.3 Å². The molecular weight excluding hydrogens is 192 g/mol. The largest absolute Gasteiger partial charge is 0.481 e. The van der Waals surface area contributed by atoms with Crippen LogP contribution in [-0.2, 0) is 9.59 Å². The van der Waals surface area contributed by atoms with Gasteiger partial charge in [0, 0.05) is 6.42 Å². The van der Waals surface area contributed by atoms with Gasteiger partial charge in [0.05, 0.1) is 5.92 Å². The molecule has 1 atom stereocenters. The number of carboxylic acid groups (broad SMARTS) is 1.